The number of nitrogens with zero attached hydrogens (tertiary/aromatic N) is 2. The molecule has 0 radical (unpaired) electrons. The van der Waals surface area contributed by atoms with E-state index in [2.05, 4.69) is 5.32 Å². The maximum atomic E-state index is 12.7. The molecule has 1 aliphatic carbocycles. The first-order valence-electron chi connectivity index (χ1n) is 10.7. The predicted octanol–water partition coefficient (Wildman–Crippen LogP) is 3.26. The second-order valence-electron chi connectivity index (χ2n) is 7.78. The van der Waals surface area contributed by atoms with Crippen molar-refractivity contribution in [3.8, 4) is 11.1 Å². The van der Waals surface area contributed by atoms with Crippen LogP contribution in [0.3, 0.4) is 0 Å². The van der Waals surface area contributed by atoms with Gasteiger partial charge in [0.1, 0.15) is 17.1 Å². The summed E-state index contributed by atoms with van der Waals surface area (Å²) in [7, 11) is 0. The van der Waals surface area contributed by atoms with E-state index in [1.807, 2.05) is 30.3 Å². The van der Waals surface area contributed by atoms with Gasteiger partial charge in [-0.05, 0) is 25.3 Å². The number of hydrogen-bond donors (Lipinski definition) is 1. The predicted molar refractivity (Wildman–Crippen MR) is 121 cm³/mol. The Morgan fingerprint density at radius 2 is 1.79 bits per heavy atom. The standard InChI is InChI=1S/C23H23N3O6S/c1-2-32-22(30)18-16(14-8-4-3-5-9-14)13-33-19(18)24-17(27)12-25-20(28)21(29)26(23(25)31)15-10-6-7-11-15/h3-5,8-9,13,15H,2,6-7,10-12H2,1H3,(H,24,27). The van der Waals surface area contributed by atoms with Crippen molar-refractivity contribution in [1.29, 1.82) is 0 Å². The van der Waals surface area contributed by atoms with Crippen molar-refractivity contribution in [2.24, 2.45) is 0 Å². The van der Waals surface area contributed by atoms with Gasteiger partial charge in [-0.25, -0.2) is 14.5 Å². The molecule has 0 bridgehead atoms. The van der Waals surface area contributed by atoms with E-state index in [0.717, 1.165) is 34.6 Å². The molecule has 1 saturated carbocycles. The minimum absolute atomic E-state index is 0.159. The Balaban J connectivity index is 1.53. The molecule has 4 rings (SSSR count). The normalized spacial score (nSPS) is 16.6. The van der Waals surface area contributed by atoms with Gasteiger partial charge < -0.3 is 10.1 Å². The van der Waals surface area contributed by atoms with Gasteiger partial charge in [-0.1, -0.05) is 43.2 Å². The van der Waals surface area contributed by atoms with Crippen molar-refractivity contribution in [2.75, 3.05) is 18.5 Å². The first kappa shape index (κ1) is 22.7. The monoisotopic (exact) mass is 469 g/mol. The molecule has 0 unspecified atom stereocenters. The lowest BCUT2D eigenvalue weighted by atomic mass is 10.0. The molecule has 1 aromatic carbocycles. The van der Waals surface area contributed by atoms with Gasteiger partial charge in [0.25, 0.3) is 0 Å². The van der Waals surface area contributed by atoms with Crippen molar-refractivity contribution < 1.29 is 28.7 Å². The number of ether oxygens (including phenoxy) is 1. The quantitative estimate of drug-likeness (QED) is 0.378. The van der Waals surface area contributed by atoms with Gasteiger partial charge in [-0.2, -0.15) is 0 Å². The van der Waals surface area contributed by atoms with Crippen LogP contribution in [0.5, 0.6) is 0 Å². The lowest BCUT2D eigenvalue weighted by Gasteiger charge is -2.20. The number of esters is 1. The fourth-order valence-electron chi connectivity index (χ4n) is 4.14. The van der Waals surface area contributed by atoms with Crippen LogP contribution in [0.4, 0.5) is 9.80 Å². The van der Waals surface area contributed by atoms with Crippen LogP contribution in [0.2, 0.25) is 0 Å². The zero-order valence-corrected chi connectivity index (χ0v) is 18.9. The van der Waals surface area contributed by atoms with Crippen LogP contribution in [-0.4, -0.2) is 58.7 Å². The van der Waals surface area contributed by atoms with E-state index in [9.17, 15) is 24.0 Å². The number of imide groups is 2. The van der Waals surface area contributed by atoms with E-state index < -0.39 is 36.3 Å². The fourth-order valence-corrected chi connectivity index (χ4v) is 5.12. The third-order valence-corrected chi connectivity index (χ3v) is 6.58. The Labute approximate surface area is 194 Å². The van der Waals surface area contributed by atoms with Crippen LogP contribution in [-0.2, 0) is 19.1 Å². The highest BCUT2D eigenvalue weighted by molar-refractivity contribution is 7.15. The second kappa shape index (κ2) is 9.53. The number of nitrogens with one attached hydrogen (secondary N) is 1. The number of thiophene rings is 1. The highest BCUT2D eigenvalue weighted by Gasteiger charge is 2.48. The molecule has 0 atom stereocenters. The van der Waals surface area contributed by atoms with E-state index in [1.54, 1.807) is 12.3 Å². The van der Waals surface area contributed by atoms with Gasteiger partial charge in [0, 0.05) is 17.0 Å². The topological polar surface area (TPSA) is 113 Å². The minimum Gasteiger partial charge on any atom is -0.462 e. The highest BCUT2D eigenvalue weighted by atomic mass is 32.1. The molecule has 10 heteroatoms. The number of carbonyl (C=O) groups is 5. The van der Waals surface area contributed by atoms with Crippen molar-refractivity contribution in [2.45, 2.75) is 38.6 Å². The highest BCUT2D eigenvalue weighted by Crippen LogP contribution is 2.36. The first-order valence-corrected chi connectivity index (χ1v) is 11.6. The van der Waals surface area contributed by atoms with E-state index in [-0.39, 0.29) is 23.2 Å². The molecule has 33 heavy (non-hydrogen) atoms. The van der Waals surface area contributed by atoms with Gasteiger partial charge in [0.15, 0.2) is 0 Å². The van der Waals surface area contributed by atoms with Gasteiger partial charge in [0.05, 0.1) is 6.61 Å². The number of carbonyl (C=O) groups excluding carboxylic acids is 5. The summed E-state index contributed by atoms with van der Waals surface area (Å²) in [6, 6.07) is 8.11. The van der Waals surface area contributed by atoms with Crippen LogP contribution in [0.25, 0.3) is 11.1 Å². The van der Waals surface area contributed by atoms with Crippen LogP contribution in [0.1, 0.15) is 43.0 Å². The third kappa shape index (κ3) is 4.38. The fraction of sp³-hybridized carbons (Fsp3) is 0.348. The summed E-state index contributed by atoms with van der Waals surface area (Å²) in [6.07, 6.45) is 3.08. The van der Waals surface area contributed by atoms with Gasteiger partial charge in [0.2, 0.25) is 5.91 Å². The zero-order chi connectivity index (χ0) is 23.5. The molecular weight excluding hydrogens is 446 g/mol. The molecular formula is C23H23N3O6S. The molecule has 5 amide bonds. The second-order valence-corrected chi connectivity index (χ2v) is 8.66. The molecule has 1 aliphatic heterocycles. The smallest absolute Gasteiger partial charge is 0.341 e. The molecule has 1 saturated heterocycles. The summed E-state index contributed by atoms with van der Waals surface area (Å²) in [6.45, 7) is 1.22. The minimum atomic E-state index is -1.01. The van der Waals surface area contributed by atoms with E-state index in [0.29, 0.717) is 23.3 Å². The summed E-state index contributed by atoms with van der Waals surface area (Å²) < 4.78 is 5.17. The molecule has 2 fully saturated rings. The van der Waals surface area contributed by atoms with Crippen molar-refractivity contribution in [3.05, 3.63) is 41.3 Å². The van der Waals surface area contributed by atoms with Gasteiger partial charge in [-0.15, -0.1) is 11.3 Å². The van der Waals surface area contributed by atoms with Crippen molar-refractivity contribution in [3.63, 3.8) is 0 Å². The molecule has 9 nitrogen and oxygen atoms in total. The van der Waals surface area contributed by atoms with E-state index >= 15 is 0 Å². The summed E-state index contributed by atoms with van der Waals surface area (Å²) >= 11 is 1.14. The first-order chi connectivity index (χ1) is 15.9. The Bertz CT molecular complexity index is 1110. The number of hydrogen-bond acceptors (Lipinski definition) is 7. The number of rotatable bonds is 7. The van der Waals surface area contributed by atoms with Crippen LogP contribution < -0.4 is 5.32 Å². The van der Waals surface area contributed by atoms with Crippen molar-refractivity contribution >= 4 is 46.1 Å². The lowest BCUT2D eigenvalue weighted by molar-refractivity contribution is -0.144. The summed E-state index contributed by atoms with van der Waals surface area (Å²) in [5.41, 5.74) is 1.58. The molecule has 2 aliphatic rings. The number of urea groups is 1. The molecule has 0 spiro atoms. The average Bonchev–Trinajstić information content (AvgIpc) is 3.52. The van der Waals surface area contributed by atoms with Gasteiger partial charge >= 0.3 is 23.8 Å². The van der Waals surface area contributed by atoms with E-state index in [4.69, 9.17) is 4.74 Å². The molecule has 1 N–H and O–H groups in total. The van der Waals surface area contributed by atoms with Crippen LogP contribution >= 0.6 is 11.3 Å². The summed E-state index contributed by atoms with van der Waals surface area (Å²) in [5, 5.41) is 4.59. The Morgan fingerprint density at radius 1 is 1.09 bits per heavy atom. The van der Waals surface area contributed by atoms with E-state index in [1.165, 1.54) is 0 Å². The number of benzene rings is 1. The SMILES string of the molecule is CCOC(=O)c1c(-c2ccccc2)csc1NC(=O)CN1C(=O)C(=O)N(C2CCCC2)C1=O. The van der Waals surface area contributed by atoms with Gasteiger partial charge in [-0.3, -0.25) is 19.3 Å². The maximum Gasteiger partial charge on any atom is 0.341 e. The number of amides is 5. The maximum absolute atomic E-state index is 12.7. The summed E-state index contributed by atoms with van der Waals surface area (Å²) in [4.78, 5) is 64.5. The Morgan fingerprint density at radius 3 is 2.45 bits per heavy atom. The Kier molecular flexibility index (Phi) is 6.55. The van der Waals surface area contributed by atoms with Crippen LogP contribution in [0.15, 0.2) is 35.7 Å². The largest absolute Gasteiger partial charge is 0.462 e. The van der Waals surface area contributed by atoms with Crippen molar-refractivity contribution in [1.82, 2.24) is 9.80 Å². The molecule has 1 aromatic heterocycles. The number of anilines is 1. The molecule has 172 valence electrons. The van der Waals surface area contributed by atoms with Crippen LogP contribution in [0, 0.1) is 0 Å². The average molecular weight is 470 g/mol. The lowest BCUT2D eigenvalue weighted by Crippen LogP contribution is -2.41. The Hall–Kier alpha value is -3.53. The third-order valence-electron chi connectivity index (χ3n) is 5.68. The summed E-state index contributed by atoms with van der Waals surface area (Å²) in [5.74, 6) is -3.19. The zero-order valence-electron chi connectivity index (χ0n) is 18.0. The molecule has 2 aromatic rings. The molecule has 2 heterocycles.